The second-order valence-corrected chi connectivity index (χ2v) is 5.80. The van der Waals surface area contributed by atoms with E-state index in [1.54, 1.807) is 19.9 Å². The van der Waals surface area contributed by atoms with Crippen molar-refractivity contribution in [3.05, 3.63) is 29.3 Å². The van der Waals surface area contributed by atoms with Gasteiger partial charge in [0.15, 0.2) is 0 Å². The van der Waals surface area contributed by atoms with Crippen molar-refractivity contribution >= 4 is 17.8 Å². The van der Waals surface area contributed by atoms with Crippen LogP contribution in [0.5, 0.6) is 5.75 Å². The number of carbonyl (C=O) groups excluding carboxylic acids is 2. The lowest BCUT2D eigenvalue weighted by atomic mass is 9.99. The molecule has 4 N–H and O–H groups in total. The van der Waals surface area contributed by atoms with Gasteiger partial charge in [0, 0.05) is 13.0 Å². The van der Waals surface area contributed by atoms with E-state index in [-0.39, 0.29) is 30.2 Å². The summed E-state index contributed by atoms with van der Waals surface area (Å²) in [5.41, 5.74) is 0.956. The fourth-order valence-electron chi connectivity index (χ4n) is 2.15. The number of aryl methyl sites for hydroxylation is 1. The van der Waals surface area contributed by atoms with Gasteiger partial charge in [0.25, 0.3) is 5.91 Å². The summed E-state index contributed by atoms with van der Waals surface area (Å²) in [5.74, 6) is -2.33. The maximum atomic E-state index is 11.9. The molecule has 2 amide bonds. The second-order valence-electron chi connectivity index (χ2n) is 5.80. The smallest absolute Gasteiger partial charge is 0.326 e. The molecule has 0 radical (unpaired) electrons. The van der Waals surface area contributed by atoms with Gasteiger partial charge in [-0.25, -0.2) is 4.79 Å². The molecular weight excluding hydrogens is 312 g/mol. The van der Waals surface area contributed by atoms with Gasteiger partial charge >= 0.3 is 5.97 Å². The van der Waals surface area contributed by atoms with Crippen LogP contribution in [0.1, 0.15) is 42.6 Å². The largest absolute Gasteiger partial charge is 0.507 e. The van der Waals surface area contributed by atoms with Gasteiger partial charge in [-0.1, -0.05) is 26.3 Å². The maximum absolute atomic E-state index is 11.9. The lowest BCUT2D eigenvalue weighted by Gasteiger charge is -2.20. The topological polar surface area (TPSA) is 116 Å². The molecule has 0 aliphatic heterocycles. The molecular formula is C17H24N2O5. The van der Waals surface area contributed by atoms with Crippen molar-refractivity contribution < 1.29 is 24.6 Å². The first-order valence-corrected chi connectivity index (χ1v) is 7.86. The van der Waals surface area contributed by atoms with E-state index in [4.69, 9.17) is 5.11 Å². The van der Waals surface area contributed by atoms with Gasteiger partial charge in [-0.15, -0.1) is 0 Å². The van der Waals surface area contributed by atoms with E-state index in [1.165, 1.54) is 12.1 Å². The maximum Gasteiger partial charge on any atom is 0.326 e. The zero-order valence-corrected chi connectivity index (χ0v) is 14.1. The molecule has 7 nitrogen and oxygen atoms in total. The normalized spacial score (nSPS) is 13.0. The Morgan fingerprint density at radius 1 is 1.25 bits per heavy atom. The number of aliphatic carboxylic acids is 1. The Kier molecular flexibility index (Phi) is 7.23. The molecule has 7 heteroatoms. The molecule has 0 aliphatic carbocycles. The fourth-order valence-corrected chi connectivity index (χ4v) is 2.15. The Morgan fingerprint density at radius 3 is 2.46 bits per heavy atom. The van der Waals surface area contributed by atoms with Crippen LogP contribution in [0.2, 0.25) is 0 Å². The summed E-state index contributed by atoms with van der Waals surface area (Å²) >= 11 is 0. The molecule has 0 spiro atoms. The summed E-state index contributed by atoms with van der Waals surface area (Å²) in [6.45, 7) is 5.44. The molecule has 0 aliphatic rings. The van der Waals surface area contributed by atoms with Gasteiger partial charge in [0.2, 0.25) is 5.91 Å². The van der Waals surface area contributed by atoms with Crippen LogP contribution in [0.15, 0.2) is 18.2 Å². The van der Waals surface area contributed by atoms with Crippen molar-refractivity contribution in [2.24, 2.45) is 5.92 Å². The Balaban J connectivity index is 2.50. The lowest BCUT2D eigenvalue weighted by Crippen LogP contribution is -2.45. The molecule has 0 aromatic heterocycles. The summed E-state index contributed by atoms with van der Waals surface area (Å²) < 4.78 is 0. The number of hydrogen-bond acceptors (Lipinski definition) is 4. The van der Waals surface area contributed by atoms with Crippen molar-refractivity contribution in [3.63, 3.8) is 0 Å². The zero-order valence-electron chi connectivity index (χ0n) is 14.1. The van der Waals surface area contributed by atoms with Crippen LogP contribution in [0.3, 0.4) is 0 Å². The minimum absolute atomic E-state index is 0.0431. The summed E-state index contributed by atoms with van der Waals surface area (Å²) in [7, 11) is 0. The van der Waals surface area contributed by atoms with Crippen molar-refractivity contribution in [3.8, 4) is 5.75 Å². The molecule has 1 aromatic rings. The van der Waals surface area contributed by atoms with Crippen molar-refractivity contribution in [1.82, 2.24) is 10.6 Å². The molecule has 1 aromatic carbocycles. The van der Waals surface area contributed by atoms with Crippen molar-refractivity contribution in [2.75, 3.05) is 6.54 Å². The minimum atomic E-state index is -1.08. The van der Waals surface area contributed by atoms with E-state index in [2.05, 4.69) is 10.6 Å². The number of nitrogens with one attached hydrogen (secondary N) is 2. The number of carbonyl (C=O) groups is 3. The first kappa shape index (κ1) is 19.5. The SMILES string of the molecule is CC[C@H](C)[C@H](NC(=O)CCNC(=O)c1ccc(C)cc1O)C(=O)O. The van der Waals surface area contributed by atoms with Gasteiger partial charge in [-0.05, 0) is 30.5 Å². The first-order chi connectivity index (χ1) is 11.3. The third-order valence-electron chi connectivity index (χ3n) is 3.83. The van der Waals surface area contributed by atoms with Crippen molar-refractivity contribution in [1.29, 1.82) is 0 Å². The highest BCUT2D eigenvalue weighted by atomic mass is 16.4. The summed E-state index contributed by atoms with van der Waals surface area (Å²) in [6.07, 6.45) is 0.583. The van der Waals surface area contributed by atoms with E-state index in [0.29, 0.717) is 6.42 Å². The van der Waals surface area contributed by atoms with Crippen LogP contribution in [0, 0.1) is 12.8 Å². The Bertz CT molecular complexity index is 615. The second kappa shape index (κ2) is 8.90. The summed E-state index contributed by atoms with van der Waals surface area (Å²) in [5, 5.41) is 23.8. The molecule has 2 atom stereocenters. The van der Waals surface area contributed by atoms with E-state index in [9.17, 15) is 19.5 Å². The monoisotopic (exact) mass is 336 g/mol. The number of phenols is 1. The molecule has 0 fully saturated rings. The zero-order chi connectivity index (χ0) is 18.3. The minimum Gasteiger partial charge on any atom is -0.507 e. The van der Waals surface area contributed by atoms with Crippen LogP contribution in [-0.2, 0) is 9.59 Å². The van der Waals surface area contributed by atoms with E-state index < -0.39 is 23.8 Å². The summed E-state index contributed by atoms with van der Waals surface area (Å²) in [4.78, 5) is 34.9. The molecule has 0 unspecified atom stereocenters. The molecule has 1 rings (SSSR count). The standard InChI is InChI=1S/C17H24N2O5/c1-4-11(3)15(17(23)24)19-14(21)7-8-18-16(22)12-6-5-10(2)9-13(12)20/h5-6,9,11,15,20H,4,7-8H2,1-3H3,(H,18,22)(H,19,21)(H,23,24)/t11-,15-/m0/s1. The number of rotatable bonds is 8. The molecule has 0 saturated carbocycles. The third kappa shape index (κ3) is 5.57. The average molecular weight is 336 g/mol. The number of carboxylic acid groups (broad SMARTS) is 1. The Labute approximate surface area is 141 Å². The van der Waals surface area contributed by atoms with Crippen LogP contribution < -0.4 is 10.6 Å². The van der Waals surface area contributed by atoms with E-state index >= 15 is 0 Å². The third-order valence-corrected chi connectivity index (χ3v) is 3.83. The predicted molar refractivity (Wildman–Crippen MR) is 88.8 cm³/mol. The van der Waals surface area contributed by atoms with Crippen molar-refractivity contribution in [2.45, 2.75) is 39.7 Å². The number of hydrogen-bond donors (Lipinski definition) is 4. The number of carboxylic acids is 1. The number of amides is 2. The van der Waals surface area contributed by atoms with Crippen LogP contribution in [-0.4, -0.2) is 40.6 Å². The molecule has 24 heavy (non-hydrogen) atoms. The van der Waals surface area contributed by atoms with Crippen LogP contribution in [0.25, 0.3) is 0 Å². The van der Waals surface area contributed by atoms with Gasteiger partial charge < -0.3 is 20.8 Å². The molecule has 0 heterocycles. The first-order valence-electron chi connectivity index (χ1n) is 7.86. The van der Waals surface area contributed by atoms with Gasteiger partial charge in [-0.2, -0.15) is 0 Å². The average Bonchev–Trinajstić information content (AvgIpc) is 2.51. The molecule has 0 saturated heterocycles. The quantitative estimate of drug-likeness (QED) is 0.573. The van der Waals surface area contributed by atoms with Crippen LogP contribution in [0.4, 0.5) is 0 Å². The molecule has 132 valence electrons. The number of phenolic OH excluding ortho intramolecular Hbond substituents is 1. The van der Waals surface area contributed by atoms with Gasteiger partial charge in [0.1, 0.15) is 11.8 Å². The summed E-state index contributed by atoms with van der Waals surface area (Å²) in [6, 6.07) is 3.74. The van der Waals surface area contributed by atoms with Crippen LogP contribution >= 0.6 is 0 Å². The number of benzene rings is 1. The highest BCUT2D eigenvalue weighted by Crippen LogP contribution is 2.18. The number of aromatic hydroxyl groups is 1. The lowest BCUT2D eigenvalue weighted by molar-refractivity contribution is -0.143. The Hall–Kier alpha value is -2.57. The van der Waals surface area contributed by atoms with E-state index in [1.807, 2.05) is 6.92 Å². The van der Waals surface area contributed by atoms with Gasteiger partial charge in [0.05, 0.1) is 5.56 Å². The Morgan fingerprint density at radius 2 is 1.92 bits per heavy atom. The highest BCUT2D eigenvalue weighted by molar-refractivity contribution is 5.97. The van der Waals surface area contributed by atoms with Gasteiger partial charge in [-0.3, -0.25) is 9.59 Å². The highest BCUT2D eigenvalue weighted by Gasteiger charge is 2.25. The van der Waals surface area contributed by atoms with E-state index in [0.717, 1.165) is 5.56 Å². The molecule has 0 bridgehead atoms. The predicted octanol–water partition coefficient (Wildman–Crippen LogP) is 1.44. The fraction of sp³-hybridized carbons (Fsp3) is 0.471.